The summed E-state index contributed by atoms with van der Waals surface area (Å²) in [5, 5.41) is 9.43. The first-order chi connectivity index (χ1) is 7.70. The van der Waals surface area contributed by atoms with E-state index in [1.54, 1.807) is 12.1 Å². The molecule has 86 valence electrons. The maximum atomic E-state index is 12.8. The van der Waals surface area contributed by atoms with Crippen LogP contribution in [-0.2, 0) is 12.8 Å². The summed E-state index contributed by atoms with van der Waals surface area (Å²) >= 11 is 3.28. The number of halogens is 3. The molecule has 1 rings (SSSR count). The highest BCUT2D eigenvalue weighted by molar-refractivity contribution is 9.09. The van der Waals surface area contributed by atoms with Gasteiger partial charge >= 0.3 is 0 Å². The van der Waals surface area contributed by atoms with Gasteiger partial charge < -0.3 is 0 Å². The van der Waals surface area contributed by atoms with Crippen LogP contribution in [-0.4, -0.2) is 5.33 Å². The molecule has 0 spiro atoms. The molecule has 0 saturated heterocycles. The Kier molecular flexibility index (Phi) is 5.41. The third-order valence-corrected chi connectivity index (χ3v) is 2.94. The molecule has 0 fully saturated rings. The molecule has 0 aliphatic carbocycles. The van der Waals surface area contributed by atoms with Gasteiger partial charge in [0.05, 0.1) is 12.5 Å². The summed E-state index contributed by atoms with van der Waals surface area (Å²) in [5.74, 6) is 0. The highest BCUT2D eigenvalue weighted by Gasteiger charge is 2.15. The summed E-state index contributed by atoms with van der Waals surface area (Å²) in [6.45, 7) is 0. The number of nitrogens with zero attached hydrogens (tertiary/aromatic N) is 1. The lowest BCUT2D eigenvalue weighted by Gasteiger charge is -2.12. The van der Waals surface area contributed by atoms with Crippen molar-refractivity contribution in [1.29, 1.82) is 5.26 Å². The van der Waals surface area contributed by atoms with Crippen LogP contribution < -0.4 is 0 Å². The number of nitriles is 1. The zero-order valence-corrected chi connectivity index (χ0v) is 10.3. The van der Waals surface area contributed by atoms with E-state index in [2.05, 4.69) is 15.9 Å². The van der Waals surface area contributed by atoms with Gasteiger partial charge in [-0.3, -0.25) is 0 Å². The Morgan fingerprint density at radius 1 is 1.38 bits per heavy atom. The van der Waals surface area contributed by atoms with E-state index in [1.807, 2.05) is 6.07 Å². The van der Waals surface area contributed by atoms with Crippen molar-refractivity contribution in [3.8, 4) is 6.07 Å². The highest BCUT2D eigenvalue weighted by Crippen LogP contribution is 2.27. The van der Waals surface area contributed by atoms with Crippen LogP contribution in [0.1, 0.15) is 29.5 Å². The average Bonchev–Trinajstić information content (AvgIpc) is 2.27. The van der Waals surface area contributed by atoms with Crippen LogP contribution in [0.15, 0.2) is 18.2 Å². The van der Waals surface area contributed by atoms with Crippen molar-refractivity contribution < 1.29 is 8.78 Å². The van der Waals surface area contributed by atoms with Gasteiger partial charge in [0, 0.05) is 10.9 Å². The maximum Gasteiger partial charge on any atom is 0.264 e. The monoisotopic (exact) mass is 287 g/mol. The molecule has 16 heavy (non-hydrogen) atoms. The number of alkyl halides is 3. The summed E-state index contributed by atoms with van der Waals surface area (Å²) in [6, 6.07) is 6.79. The second-order valence-electron chi connectivity index (χ2n) is 3.41. The Balaban J connectivity index is 3.08. The van der Waals surface area contributed by atoms with Crippen molar-refractivity contribution in [2.75, 3.05) is 5.33 Å². The fraction of sp³-hybridized carbons (Fsp3) is 0.417. The average molecular weight is 288 g/mol. The Labute approximate surface area is 102 Å². The lowest BCUT2D eigenvalue weighted by molar-refractivity contribution is 0.150. The van der Waals surface area contributed by atoms with Crippen molar-refractivity contribution in [3.05, 3.63) is 34.9 Å². The van der Waals surface area contributed by atoms with E-state index < -0.39 is 6.43 Å². The smallest absolute Gasteiger partial charge is 0.205 e. The van der Waals surface area contributed by atoms with E-state index in [-0.39, 0.29) is 12.0 Å². The molecular weight excluding hydrogens is 276 g/mol. The summed E-state index contributed by atoms with van der Waals surface area (Å²) < 4.78 is 25.6. The maximum absolute atomic E-state index is 12.8. The lowest BCUT2D eigenvalue weighted by atomic mass is 9.96. The lowest BCUT2D eigenvalue weighted by Crippen LogP contribution is -2.01. The van der Waals surface area contributed by atoms with Crippen LogP contribution >= 0.6 is 15.9 Å². The van der Waals surface area contributed by atoms with Gasteiger partial charge in [0.2, 0.25) is 0 Å². The van der Waals surface area contributed by atoms with E-state index in [1.165, 1.54) is 6.07 Å². The van der Waals surface area contributed by atoms with E-state index >= 15 is 0 Å². The highest BCUT2D eigenvalue weighted by atomic mass is 79.9. The van der Waals surface area contributed by atoms with Gasteiger partial charge in [0.25, 0.3) is 6.43 Å². The molecule has 0 amide bonds. The fourth-order valence-corrected chi connectivity index (χ4v) is 1.94. The molecule has 1 aromatic carbocycles. The molecule has 4 heteroatoms. The van der Waals surface area contributed by atoms with E-state index in [0.717, 1.165) is 17.3 Å². The van der Waals surface area contributed by atoms with Gasteiger partial charge in [0.1, 0.15) is 0 Å². The minimum atomic E-state index is -2.47. The molecule has 0 N–H and O–H groups in total. The van der Waals surface area contributed by atoms with E-state index in [9.17, 15) is 8.78 Å². The van der Waals surface area contributed by atoms with Crippen molar-refractivity contribution in [1.82, 2.24) is 0 Å². The fourth-order valence-electron chi connectivity index (χ4n) is 1.66. The summed E-state index contributed by atoms with van der Waals surface area (Å²) in [4.78, 5) is 0. The molecule has 1 aromatic rings. The first-order valence-electron chi connectivity index (χ1n) is 5.02. The van der Waals surface area contributed by atoms with Gasteiger partial charge in [-0.05, 0) is 24.0 Å². The van der Waals surface area contributed by atoms with Crippen LogP contribution in [0.25, 0.3) is 0 Å². The van der Waals surface area contributed by atoms with Crippen LogP contribution in [0.4, 0.5) is 8.78 Å². The number of hydrogen-bond acceptors (Lipinski definition) is 1. The second-order valence-corrected chi connectivity index (χ2v) is 4.21. The topological polar surface area (TPSA) is 23.8 Å². The number of rotatable bonds is 5. The van der Waals surface area contributed by atoms with Crippen molar-refractivity contribution >= 4 is 15.9 Å². The molecule has 0 saturated carbocycles. The molecule has 0 atom stereocenters. The predicted octanol–water partition coefficient (Wildman–Crippen LogP) is 4.02. The third-order valence-electron chi connectivity index (χ3n) is 2.37. The zero-order chi connectivity index (χ0) is 12.0. The van der Waals surface area contributed by atoms with Crippen molar-refractivity contribution in [2.24, 2.45) is 0 Å². The molecule has 0 heterocycles. The van der Waals surface area contributed by atoms with Crippen molar-refractivity contribution in [2.45, 2.75) is 25.7 Å². The third kappa shape index (κ3) is 3.28. The Morgan fingerprint density at radius 3 is 2.69 bits per heavy atom. The van der Waals surface area contributed by atoms with Crippen LogP contribution in [0, 0.1) is 11.3 Å². The molecule has 0 radical (unpaired) electrons. The van der Waals surface area contributed by atoms with Gasteiger partial charge in [0.15, 0.2) is 0 Å². The predicted molar refractivity (Wildman–Crippen MR) is 62.8 cm³/mol. The largest absolute Gasteiger partial charge is 0.264 e. The quantitative estimate of drug-likeness (QED) is 0.751. The SMILES string of the molecule is N#CCc1cccc(C(F)F)c1CCCBr. The van der Waals surface area contributed by atoms with E-state index in [4.69, 9.17) is 5.26 Å². The molecule has 0 unspecified atom stereocenters. The van der Waals surface area contributed by atoms with Crippen LogP contribution in [0.2, 0.25) is 0 Å². The van der Waals surface area contributed by atoms with E-state index in [0.29, 0.717) is 12.0 Å². The Morgan fingerprint density at radius 2 is 2.12 bits per heavy atom. The molecular formula is C12H12BrF2N. The minimum absolute atomic E-state index is 0.0636. The Bertz CT molecular complexity index is 385. The number of benzene rings is 1. The van der Waals surface area contributed by atoms with Gasteiger partial charge in [-0.25, -0.2) is 8.78 Å². The summed E-state index contributed by atoms with van der Waals surface area (Å²) in [6.07, 6.45) is -0.896. The second kappa shape index (κ2) is 6.59. The zero-order valence-electron chi connectivity index (χ0n) is 8.72. The minimum Gasteiger partial charge on any atom is -0.205 e. The van der Waals surface area contributed by atoms with Gasteiger partial charge in [-0.1, -0.05) is 34.1 Å². The van der Waals surface area contributed by atoms with Crippen molar-refractivity contribution in [3.63, 3.8) is 0 Å². The van der Waals surface area contributed by atoms with Gasteiger partial charge in [-0.2, -0.15) is 5.26 Å². The molecule has 1 nitrogen and oxygen atoms in total. The van der Waals surface area contributed by atoms with Gasteiger partial charge in [-0.15, -0.1) is 0 Å². The molecule has 0 aromatic heterocycles. The standard InChI is InChI=1S/C12H12BrF2N/c13-7-2-5-10-9(6-8-16)3-1-4-11(10)12(14)15/h1,3-4,12H,2,5-7H2. The molecule has 0 aliphatic heterocycles. The van der Waals surface area contributed by atoms with Crippen LogP contribution in [0.5, 0.6) is 0 Å². The normalized spacial score (nSPS) is 10.4. The Hall–Kier alpha value is -0.950. The molecule has 0 bridgehead atoms. The van der Waals surface area contributed by atoms with Crippen LogP contribution in [0.3, 0.4) is 0 Å². The molecule has 0 aliphatic rings. The number of hydrogen-bond donors (Lipinski definition) is 0. The first kappa shape index (κ1) is 13.1. The summed E-state index contributed by atoms with van der Waals surface area (Å²) in [5.41, 5.74) is 1.42. The summed E-state index contributed by atoms with van der Waals surface area (Å²) in [7, 11) is 0. The first-order valence-corrected chi connectivity index (χ1v) is 6.14.